The van der Waals surface area contributed by atoms with Gasteiger partial charge in [0, 0.05) is 54.1 Å². The lowest BCUT2D eigenvalue weighted by molar-refractivity contribution is 0.385. The molecule has 9 nitrogen and oxygen atoms in total. The number of nitrogens with one attached hydrogen (secondary N) is 1. The summed E-state index contributed by atoms with van der Waals surface area (Å²) in [7, 11) is -2.48. The standard InChI is InChI=1S/C26H23ClFN5O4S/c1-16-12-17(5-7-20(16)27)19-13-24(37-2)23(14-21(19)28)33-22-9-11-32(15-18(22)6-8-26(33)34)38(35,36)31-25-4-3-10-29-30-25/h3-8,10,12-14H,9,11,15H2,1-2H3,(H,30,31). The molecule has 0 amide bonds. The van der Waals surface area contributed by atoms with Gasteiger partial charge in [0.2, 0.25) is 0 Å². The highest BCUT2D eigenvalue weighted by atomic mass is 35.5. The van der Waals surface area contributed by atoms with Gasteiger partial charge in [-0.3, -0.25) is 14.1 Å². The van der Waals surface area contributed by atoms with Gasteiger partial charge in [0.15, 0.2) is 5.82 Å². The molecule has 0 radical (unpaired) electrons. The molecular weight excluding hydrogens is 533 g/mol. The van der Waals surface area contributed by atoms with E-state index in [9.17, 15) is 13.2 Å². The molecule has 1 aliphatic heterocycles. The number of rotatable bonds is 6. The Morgan fingerprint density at radius 2 is 1.95 bits per heavy atom. The van der Waals surface area contributed by atoms with Crippen LogP contribution in [0.1, 0.15) is 16.8 Å². The molecule has 4 aromatic rings. The van der Waals surface area contributed by atoms with Gasteiger partial charge in [-0.15, -0.1) is 5.10 Å². The van der Waals surface area contributed by atoms with Crippen LogP contribution in [0.2, 0.25) is 5.02 Å². The molecule has 0 fully saturated rings. The smallest absolute Gasteiger partial charge is 0.303 e. The van der Waals surface area contributed by atoms with Crippen LogP contribution in [0.5, 0.6) is 5.75 Å². The zero-order valence-corrected chi connectivity index (χ0v) is 22.1. The summed E-state index contributed by atoms with van der Waals surface area (Å²) in [4.78, 5) is 13.0. The first kappa shape index (κ1) is 25.8. The maximum atomic E-state index is 15.4. The quantitative estimate of drug-likeness (QED) is 0.384. The number of aromatic nitrogens is 3. The van der Waals surface area contributed by atoms with Gasteiger partial charge < -0.3 is 4.74 Å². The van der Waals surface area contributed by atoms with Gasteiger partial charge in [-0.05, 0) is 53.9 Å². The maximum absolute atomic E-state index is 15.4. The normalized spacial score (nSPS) is 13.7. The number of hydrogen-bond donors (Lipinski definition) is 1. The zero-order chi connectivity index (χ0) is 27.0. The van der Waals surface area contributed by atoms with E-state index in [2.05, 4.69) is 14.9 Å². The lowest BCUT2D eigenvalue weighted by Crippen LogP contribution is -2.41. The SMILES string of the molecule is COc1cc(-c2ccc(Cl)c(C)c2)c(F)cc1-n1c2c(ccc1=O)CN(S(=O)(=O)Nc1cccnn1)CC2. The summed E-state index contributed by atoms with van der Waals surface area (Å²) in [5, 5.41) is 8.02. The van der Waals surface area contributed by atoms with Crippen molar-refractivity contribution in [1.29, 1.82) is 0 Å². The Morgan fingerprint density at radius 1 is 1.13 bits per heavy atom. The van der Waals surface area contributed by atoms with Gasteiger partial charge in [0.25, 0.3) is 5.56 Å². The van der Waals surface area contributed by atoms with Crippen LogP contribution in [-0.4, -0.2) is 41.1 Å². The largest absolute Gasteiger partial charge is 0.495 e. The number of benzene rings is 2. The summed E-state index contributed by atoms with van der Waals surface area (Å²) in [6.45, 7) is 1.94. The van der Waals surface area contributed by atoms with Gasteiger partial charge in [0.05, 0.1) is 12.8 Å². The van der Waals surface area contributed by atoms with Crippen molar-refractivity contribution < 1.29 is 17.5 Å². The molecule has 38 heavy (non-hydrogen) atoms. The van der Waals surface area contributed by atoms with E-state index >= 15 is 4.39 Å². The average molecular weight is 556 g/mol. The van der Waals surface area contributed by atoms with Crippen LogP contribution in [0.25, 0.3) is 16.8 Å². The average Bonchev–Trinajstić information content (AvgIpc) is 2.90. The number of fused-ring (bicyclic) bond motifs is 1. The van der Waals surface area contributed by atoms with E-state index in [0.29, 0.717) is 33.2 Å². The van der Waals surface area contributed by atoms with Crippen LogP contribution < -0.4 is 15.0 Å². The number of pyridine rings is 1. The Hall–Kier alpha value is -3.80. The van der Waals surface area contributed by atoms with Crippen LogP contribution >= 0.6 is 11.6 Å². The fraction of sp³-hybridized carbons (Fsp3) is 0.192. The minimum Gasteiger partial charge on any atom is -0.495 e. The van der Waals surface area contributed by atoms with Gasteiger partial charge in [-0.2, -0.15) is 17.8 Å². The monoisotopic (exact) mass is 555 g/mol. The minimum absolute atomic E-state index is 0.0120. The molecule has 2 aromatic carbocycles. The molecule has 0 bridgehead atoms. The second kappa shape index (κ2) is 10.2. The highest BCUT2D eigenvalue weighted by molar-refractivity contribution is 7.90. The lowest BCUT2D eigenvalue weighted by Gasteiger charge is -2.30. The number of ether oxygens (including phenoxy) is 1. The first-order valence-corrected chi connectivity index (χ1v) is 13.4. The second-order valence-corrected chi connectivity index (χ2v) is 10.8. The molecule has 2 aromatic heterocycles. The van der Waals surface area contributed by atoms with Crippen LogP contribution in [0, 0.1) is 12.7 Å². The fourth-order valence-corrected chi connectivity index (χ4v) is 5.73. The number of methoxy groups -OCH3 is 1. The molecular formula is C26H23ClFN5O4S. The number of nitrogens with zero attached hydrogens (tertiary/aromatic N) is 4. The first-order valence-electron chi connectivity index (χ1n) is 11.6. The van der Waals surface area contributed by atoms with Crippen molar-refractivity contribution in [3.63, 3.8) is 0 Å². The van der Waals surface area contributed by atoms with Crippen molar-refractivity contribution in [2.75, 3.05) is 18.4 Å². The highest BCUT2D eigenvalue weighted by Crippen LogP contribution is 2.35. The van der Waals surface area contributed by atoms with Crippen molar-refractivity contribution in [3.05, 3.63) is 98.8 Å². The minimum atomic E-state index is -3.93. The maximum Gasteiger partial charge on any atom is 0.303 e. The predicted octanol–water partition coefficient (Wildman–Crippen LogP) is 4.12. The Morgan fingerprint density at radius 3 is 2.66 bits per heavy atom. The van der Waals surface area contributed by atoms with Gasteiger partial charge in [0.1, 0.15) is 11.6 Å². The van der Waals surface area contributed by atoms with Crippen LogP contribution in [0.3, 0.4) is 0 Å². The van der Waals surface area contributed by atoms with E-state index in [0.717, 1.165) is 5.56 Å². The van der Waals surface area contributed by atoms with Crippen molar-refractivity contribution in [1.82, 2.24) is 19.1 Å². The Labute approximate surface area is 223 Å². The van der Waals surface area contributed by atoms with Crippen molar-refractivity contribution in [3.8, 4) is 22.6 Å². The summed E-state index contributed by atoms with van der Waals surface area (Å²) >= 11 is 6.13. The molecule has 196 valence electrons. The number of halogens is 2. The molecule has 0 unspecified atom stereocenters. The van der Waals surface area contributed by atoms with Crippen LogP contribution in [0.15, 0.2) is 65.6 Å². The van der Waals surface area contributed by atoms with E-state index < -0.39 is 16.0 Å². The van der Waals surface area contributed by atoms with Crippen molar-refractivity contribution in [2.45, 2.75) is 19.9 Å². The summed E-state index contributed by atoms with van der Waals surface area (Å²) in [5.41, 5.74) is 2.76. The lowest BCUT2D eigenvalue weighted by atomic mass is 10.0. The molecule has 5 rings (SSSR count). The number of aryl methyl sites for hydroxylation is 1. The highest BCUT2D eigenvalue weighted by Gasteiger charge is 2.30. The van der Waals surface area contributed by atoms with Gasteiger partial charge in [-0.25, -0.2) is 4.39 Å². The zero-order valence-electron chi connectivity index (χ0n) is 20.5. The van der Waals surface area contributed by atoms with E-state index in [1.54, 1.807) is 36.4 Å². The summed E-state index contributed by atoms with van der Waals surface area (Å²) in [6.07, 6.45) is 1.66. The topological polar surface area (TPSA) is 106 Å². The van der Waals surface area contributed by atoms with E-state index in [-0.39, 0.29) is 36.6 Å². The molecule has 12 heteroatoms. The molecule has 3 heterocycles. The summed E-state index contributed by atoms with van der Waals surface area (Å²) in [6, 6.07) is 14.0. The molecule has 1 N–H and O–H groups in total. The number of anilines is 1. The molecule has 1 aliphatic rings. The Bertz CT molecular complexity index is 1700. The number of hydrogen-bond acceptors (Lipinski definition) is 6. The fourth-order valence-electron chi connectivity index (χ4n) is 4.47. The van der Waals surface area contributed by atoms with Crippen LogP contribution in [-0.2, 0) is 23.2 Å². The summed E-state index contributed by atoms with van der Waals surface area (Å²) in [5.74, 6) is -0.150. The Balaban J connectivity index is 1.53. The van der Waals surface area contributed by atoms with Gasteiger partial charge >= 0.3 is 10.2 Å². The second-order valence-electron chi connectivity index (χ2n) is 8.75. The first-order chi connectivity index (χ1) is 18.2. The predicted molar refractivity (Wildman–Crippen MR) is 142 cm³/mol. The van der Waals surface area contributed by atoms with Crippen LogP contribution in [0.4, 0.5) is 10.2 Å². The molecule has 0 spiro atoms. The molecule has 0 atom stereocenters. The molecule has 0 saturated heterocycles. The van der Waals surface area contributed by atoms with Crippen molar-refractivity contribution in [2.24, 2.45) is 0 Å². The molecule has 0 saturated carbocycles. The third-order valence-electron chi connectivity index (χ3n) is 6.36. The van der Waals surface area contributed by atoms with Gasteiger partial charge in [-0.1, -0.05) is 23.7 Å². The van der Waals surface area contributed by atoms with E-state index in [4.69, 9.17) is 16.3 Å². The Kier molecular flexibility index (Phi) is 6.91. The third kappa shape index (κ3) is 4.87. The third-order valence-corrected chi connectivity index (χ3v) is 8.24. The van der Waals surface area contributed by atoms with E-state index in [1.165, 1.54) is 40.4 Å². The van der Waals surface area contributed by atoms with Crippen molar-refractivity contribution >= 4 is 27.6 Å². The molecule has 0 aliphatic carbocycles. The van der Waals surface area contributed by atoms with E-state index in [1.807, 2.05) is 6.92 Å². The summed E-state index contributed by atoms with van der Waals surface area (Å²) < 4.78 is 52.0.